The van der Waals surface area contributed by atoms with Gasteiger partial charge in [-0.15, -0.1) is 0 Å². The quantitative estimate of drug-likeness (QED) is 0.218. The zero-order chi connectivity index (χ0) is 30.9. The van der Waals surface area contributed by atoms with E-state index in [9.17, 15) is 0 Å². The number of nitrogens with one attached hydrogen (secondary N) is 1. The molecule has 10 aromatic rings. The van der Waals surface area contributed by atoms with Gasteiger partial charge in [0.2, 0.25) is 0 Å². The molecule has 0 aliphatic carbocycles. The molecule has 1 N–H and O–H groups in total. The summed E-state index contributed by atoms with van der Waals surface area (Å²) in [5.74, 6) is 0. The second-order valence-electron chi connectivity index (χ2n) is 12.3. The lowest BCUT2D eigenvalue weighted by atomic mass is 10.0. The van der Waals surface area contributed by atoms with Crippen molar-refractivity contribution in [1.82, 2.24) is 4.98 Å². The van der Waals surface area contributed by atoms with Gasteiger partial charge in [-0.05, 0) is 87.8 Å². The van der Waals surface area contributed by atoms with Gasteiger partial charge in [-0.3, -0.25) is 0 Å². The molecule has 2 aromatic heterocycles. The van der Waals surface area contributed by atoms with Crippen molar-refractivity contribution >= 4 is 82.4 Å². The Morgan fingerprint density at radius 2 is 1.02 bits per heavy atom. The molecule has 0 bridgehead atoms. The summed E-state index contributed by atoms with van der Waals surface area (Å²) in [6.45, 7) is 0. The lowest BCUT2D eigenvalue weighted by molar-refractivity contribution is 0.669. The van der Waals surface area contributed by atoms with Crippen LogP contribution in [-0.4, -0.2) is 4.98 Å². The van der Waals surface area contributed by atoms with Crippen LogP contribution in [0, 0.1) is 0 Å². The summed E-state index contributed by atoms with van der Waals surface area (Å²) in [5, 5.41) is 9.57. The van der Waals surface area contributed by atoms with Crippen molar-refractivity contribution in [3.05, 3.63) is 164 Å². The lowest BCUT2D eigenvalue weighted by Crippen LogP contribution is -2.09. The number of aromatic amines is 1. The molecule has 10 rings (SSSR count). The van der Waals surface area contributed by atoms with Gasteiger partial charge in [0.05, 0.1) is 5.52 Å². The van der Waals surface area contributed by atoms with Crippen LogP contribution in [0.25, 0.3) is 76.4 Å². The van der Waals surface area contributed by atoms with Gasteiger partial charge in [0.1, 0.15) is 11.2 Å². The van der Waals surface area contributed by atoms with Crippen LogP contribution < -0.4 is 4.90 Å². The Morgan fingerprint density at radius 1 is 0.404 bits per heavy atom. The Bertz CT molecular complexity index is 2740. The number of hydrogen-bond acceptors (Lipinski definition) is 2. The van der Waals surface area contributed by atoms with Gasteiger partial charge in [0.25, 0.3) is 0 Å². The number of nitrogens with zero attached hydrogens (tertiary/aromatic N) is 1. The van der Waals surface area contributed by atoms with E-state index in [2.05, 4.69) is 162 Å². The van der Waals surface area contributed by atoms with E-state index in [1.54, 1.807) is 0 Å². The molecule has 0 radical (unpaired) electrons. The average molecular weight is 601 g/mol. The van der Waals surface area contributed by atoms with E-state index >= 15 is 0 Å². The number of H-pyrrole nitrogens is 1. The molecule has 0 unspecified atom stereocenters. The van der Waals surface area contributed by atoms with Crippen LogP contribution in [-0.2, 0) is 0 Å². The maximum absolute atomic E-state index is 6.25. The van der Waals surface area contributed by atoms with Crippen LogP contribution in [0.2, 0.25) is 0 Å². The fourth-order valence-corrected chi connectivity index (χ4v) is 7.26. The summed E-state index contributed by atoms with van der Waals surface area (Å²) >= 11 is 0. The highest BCUT2D eigenvalue weighted by Crippen LogP contribution is 2.41. The third kappa shape index (κ3) is 4.14. The number of para-hydroxylation sites is 2. The second kappa shape index (κ2) is 10.1. The minimum absolute atomic E-state index is 0.903. The summed E-state index contributed by atoms with van der Waals surface area (Å²) in [6.07, 6.45) is 0. The van der Waals surface area contributed by atoms with Crippen molar-refractivity contribution in [2.24, 2.45) is 0 Å². The maximum atomic E-state index is 6.25. The first kappa shape index (κ1) is 26.0. The number of fused-ring (bicyclic) bond motifs is 8. The Hall–Kier alpha value is -6.32. The molecule has 0 saturated carbocycles. The van der Waals surface area contributed by atoms with E-state index in [0.717, 1.165) is 61.2 Å². The fraction of sp³-hybridized carbons (Fsp3) is 0. The van der Waals surface area contributed by atoms with Gasteiger partial charge in [-0.25, -0.2) is 0 Å². The average Bonchev–Trinajstić information content (AvgIpc) is 3.69. The van der Waals surface area contributed by atoms with Crippen molar-refractivity contribution in [2.75, 3.05) is 4.90 Å². The number of aromatic nitrogens is 1. The number of furan rings is 1. The Morgan fingerprint density at radius 3 is 1.79 bits per heavy atom. The number of rotatable bonds is 4. The highest BCUT2D eigenvalue weighted by atomic mass is 16.3. The molecule has 8 aromatic carbocycles. The van der Waals surface area contributed by atoms with Crippen LogP contribution in [0.3, 0.4) is 0 Å². The predicted molar refractivity (Wildman–Crippen MR) is 198 cm³/mol. The van der Waals surface area contributed by atoms with E-state index in [1.807, 2.05) is 12.1 Å². The van der Waals surface area contributed by atoms with Crippen molar-refractivity contribution in [3.63, 3.8) is 0 Å². The van der Waals surface area contributed by atoms with Crippen molar-refractivity contribution < 1.29 is 4.42 Å². The Balaban J connectivity index is 1.15. The topological polar surface area (TPSA) is 32.2 Å². The van der Waals surface area contributed by atoms with Crippen LogP contribution >= 0.6 is 0 Å². The standard InChI is InChI=1S/C44H28N2O/c1-3-10-30-24-33(19-16-28(30)8-1)46(34-20-17-29-9-2-4-11-31(29)25-34)35-21-23-41-40(27-35)39-14-7-13-36(44(39)45-41)32-18-22-38-37-12-5-6-15-42(37)47-43(38)26-32/h1-27,45H. The highest BCUT2D eigenvalue weighted by molar-refractivity contribution is 6.14. The first-order chi connectivity index (χ1) is 23.3. The summed E-state index contributed by atoms with van der Waals surface area (Å²) in [7, 11) is 0. The number of hydrogen-bond donors (Lipinski definition) is 1. The van der Waals surface area contributed by atoms with Crippen LogP contribution in [0.15, 0.2) is 168 Å². The van der Waals surface area contributed by atoms with Crippen LogP contribution in [0.5, 0.6) is 0 Å². The van der Waals surface area contributed by atoms with Crippen LogP contribution in [0.4, 0.5) is 17.1 Å². The van der Waals surface area contributed by atoms with Crippen molar-refractivity contribution in [2.45, 2.75) is 0 Å². The molecular formula is C44H28N2O. The third-order valence-corrected chi connectivity index (χ3v) is 9.55. The normalized spacial score (nSPS) is 11.8. The molecule has 2 heterocycles. The molecular weight excluding hydrogens is 572 g/mol. The molecule has 47 heavy (non-hydrogen) atoms. The molecule has 0 saturated heterocycles. The molecule has 0 fully saturated rings. The van der Waals surface area contributed by atoms with E-state index in [-0.39, 0.29) is 0 Å². The van der Waals surface area contributed by atoms with Gasteiger partial charge < -0.3 is 14.3 Å². The smallest absolute Gasteiger partial charge is 0.136 e. The van der Waals surface area contributed by atoms with Gasteiger partial charge >= 0.3 is 0 Å². The predicted octanol–water partition coefficient (Wildman–Crippen LogP) is 12.7. The molecule has 0 atom stereocenters. The molecule has 3 heteroatoms. The zero-order valence-electron chi connectivity index (χ0n) is 25.4. The summed E-state index contributed by atoms with van der Waals surface area (Å²) in [6, 6.07) is 58.7. The second-order valence-corrected chi connectivity index (χ2v) is 12.3. The van der Waals surface area contributed by atoms with E-state index in [4.69, 9.17) is 4.42 Å². The van der Waals surface area contributed by atoms with Gasteiger partial charge in [-0.2, -0.15) is 0 Å². The molecule has 0 aliphatic rings. The lowest BCUT2D eigenvalue weighted by Gasteiger charge is -2.26. The summed E-state index contributed by atoms with van der Waals surface area (Å²) in [4.78, 5) is 6.14. The van der Waals surface area contributed by atoms with E-state index in [0.29, 0.717) is 0 Å². The van der Waals surface area contributed by atoms with Gasteiger partial charge in [0, 0.05) is 49.7 Å². The largest absolute Gasteiger partial charge is 0.456 e. The van der Waals surface area contributed by atoms with E-state index in [1.165, 1.54) is 32.3 Å². The van der Waals surface area contributed by atoms with Gasteiger partial charge in [0.15, 0.2) is 0 Å². The third-order valence-electron chi connectivity index (χ3n) is 9.55. The Kier molecular flexibility index (Phi) is 5.57. The SMILES string of the molecule is c1ccc2cc(N(c3ccc4ccccc4c3)c3ccc4[nH]c5c(-c6ccc7c(c6)oc6ccccc67)cccc5c4c3)ccc2c1. The summed E-state index contributed by atoms with van der Waals surface area (Å²) < 4.78 is 6.25. The van der Waals surface area contributed by atoms with Crippen molar-refractivity contribution in [1.29, 1.82) is 0 Å². The number of anilines is 3. The first-order valence-corrected chi connectivity index (χ1v) is 16.0. The van der Waals surface area contributed by atoms with Crippen LogP contribution in [0.1, 0.15) is 0 Å². The highest BCUT2D eigenvalue weighted by Gasteiger charge is 2.17. The maximum Gasteiger partial charge on any atom is 0.136 e. The fourth-order valence-electron chi connectivity index (χ4n) is 7.26. The van der Waals surface area contributed by atoms with Gasteiger partial charge in [-0.1, -0.05) is 103 Å². The monoisotopic (exact) mass is 600 g/mol. The molecule has 0 aliphatic heterocycles. The Labute approximate surface area is 270 Å². The minimum Gasteiger partial charge on any atom is -0.456 e. The molecule has 0 amide bonds. The first-order valence-electron chi connectivity index (χ1n) is 16.0. The molecule has 0 spiro atoms. The zero-order valence-corrected chi connectivity index (χ0v) is 25.4. The minimum atomic E-state index is 0.903. The van der Waals surface area contributed by atoms with Crippen molar-refractivity contribution in [3.8, 4) is 11.1 Å². The number of benzene rings is 8. The summed E-state index contributed by atoms with van der Waals surface area (Å²) in [5.41, 5.74) is 9.69. The van der Waals surface area contributed by atoms with E-state index < -0.39 is 0 Å². The molecule has 3 nitrogen and oxygen atoms in total. The molecule has 220 valence electrons.